The van der Waals surface area contributed by atoms with Crippen molar-refractivity contribution in [1.29, 1.82) is 0 Å². The van der Waals surface area contributed by atoms with E-state index in [1.165, 1.54) is 12.1 Å². The van der Waals surface area contributed by atoms with E-state index in [1.807, 2.05) is 18.2 Å². The summed E-state index contributed by atoms with van der Waals surface area (Å²) >= 11 is 0. The molecule has 1 aromatic heterocycles. The Kier molecular flexibility index (Phi) is 3.60. The number of hydrogen-bond acceptors (Lipinski definition) is 4. The van der Waals surface area contributed by atoms with Crippen LogP contribution in [-0.2, 0) is 0 Å². The standard InChI is InChI=1S/C19H18FN3O2/c1-10-13-8-15(24-2)16(25-3)9-14(13)18-17(10)19(23-22-18)21-12-6-4-5-11(20)7-12/h4-10H,1-3H3,(H2,21,22,23). The Hall–Kier alpha value is -3.02. The van der Waals surface area contributed by atoms with Gasteiger partial charge in [-0.15, -0.1) is 0 Å². The minimum Gasteiger partial charge on any atom is -0.493 e. The van der Waals surface area contributed by atoms with Crippen molar-refractivity contribution in [2.24, 2.45) is 0 Å². The predicted octanol–water partition coefficient (Wildman–Crippen LogP) is 4.44. The SMILES string of the molecule is COc1cc2c(cc1OC)C(C)c1c-2n[nH]c1Nc1cccc(F)c1. The molecule has 0 spiro atoms. The quantitative estimate of drug-likeness (QED) is 0.738. The number of ether oxygens (including phenoxy) is 2. The van der Waals surface area contributed by atoms with Crippen LogP contribution >= 0.6 is 0 Å². The van der Waals surface area contributed by atoms with E-state index in [1.54, 1.807) is 20.3 Å². The fraction of sp³-hybridized carbons (Fsp3) is 0.211. The van der Waals surface area contributed by atoms with Crippen molar-refractivity contribution < 1.29 is 13.9 Å². The van der Waals surface area contributed by atoms with E-state index in [9.17, 15) is 4.39 Å². The zero-order valence-electron chi connectivity index (χ0n) is 14.2. The highest BCUT2D eigenvalue weighted by atomic mass is 19.1. The molecule has 1 aliphatic carbocycles. The Labute approximate surface area is 144 Å². The average molecular weight is 339 g/mol. The maximum absolute atomic E-state index is 13.4. The smallest absolute Gasteiger partial charge is 0.161 e. The fourth-order valence-electron chi connectivity index (χ4n) is 3.40. The van der Waals surface area contributed by atoms with Crippen molar-refractivity contribution in [2.75, 3.05) is 19.5 Å². The molecule has 128 valence electrons. The maximum Gasteiger partial charge on any atom is 0.161 e. The summed E-state index contributed by atoms with van der Waals surface area (Å²) in [5.74, 6) is 1.97. The first-order chi connectivity index (χ1) is 12.1. The number of fused-ring (bicyclic) bond motifs is 3. The molecule has 0 saturated carbocycles. The highest BCUT2D eigenvalue weighted by Crippen LogP contribution is 2.50. The number of aromatic nitrogens is 2. The van der Waals surface area contributed by atoms with Crippen molar-refractivity contribution >= 4 is 11.5 Å². The zero-order chi connectivity index (χ0) is 17.6. The van der Waals surface area contributed by atoms with Crippen molar-refractivity contribution in [3.63, 3.8) is 0 Å². The first-order valence-electron chi connectivity index (χ1n) is 7.99. The van der Waals surface area contributed by atoms with Gasteiger partial charge in [-0.05, 0) is 35.9 Å². The largest absolute Gasteiger partial charge is 0.493 e. The van der Waals surface area contributed by atoms with Gasteiger partial charge in [0, 0.05) is 22.7 Å². The van der Waals surface area contributed by atoms with Gasteiger partial charge in [0.2, 0.25) is 0 Å². The first kappa shape index (κ1) is 15.5. The summed E-state index contributed by atoms with van der Waals surface area (Å²) in [6, 6.07) is 10.3. The van der Waals surface area contributed by atoms with E-state index >= 15 is 0 Å². The number of nitrogens with zero attached hydrogens (tertiary/aromatic N) is 1. The van der Waals surface area contributed by atoms with Gasteiger partial charge in [0.1, 0.15) is 11.6 Å². The molecule has 0 bridgehead atoms. The Bertz CT molecular complexity index is 952. The van der Waals surface area contributed by atoms with Crippen molar-refractivity contribution in [1.82, 2.24) is 10.2 Å². The van der Waals surface area contributed by atoms with Gasteiger partial charge in [0.25, 0.3) is 0 Å². The topological polar surface area (TPSA) is 59.2 Å². The molecule has 5 nitrogen and oxygen atoms in total. The lowest BCUT2D eigenvalue weighted by atomic mass is 9.99. The second kappa shape index (κ2) is 5.81. The molecule has 6 heteroatoms. The summed E-state index contributed by atoms with van der Waals surface area (Å²) in [4.78, 5) is 0. The van der Waals surface area contributed by atoms with Crippen LogP contribution in [0, 0.1) is 5.82 Å². The molecule has 3 aromatic rings. The zero-order valence-corrected chi connectivity index (χ0v) is 14.2. The van der Waals surface area contributed by atoms with Crippen LogP contribution in [0.5, 0.6) is 11.5 Å². The maximum atomic E-state index is 13.4. The molecule has 0 fully saturated rings. The van der Waals surface area contributed by atoms with Crippen LogP contribution in [0.4, 0.5) is 15.9 Å². The number of rotatable bonds is 4. The number of nitrogens with one attached hydrogen (secondary N) is 2. The third-order valence-electron chi connectivity index (χ3n) is 4.61. The van der Waals surface area contributed by atoms with Crippen molar-refractivity contribution in [3.05, 3.63) is 53.3 Å². The van der Waals surface area contributed by atoms with Crippen LogP contribution in [0.25, 0.3) is 11.3 Å². The van der Waals surface area contributed by atoms with Gasteiger partial charge in [0.05, 0.1) is 19.9 Å². The summed E-state index contributed by atoms with van der Waals surface area (Å²) in [7, 11) is 3.24. The third kappa shape index (κ3) is 2.41. The minimum atomic E-state index is -0.285. The number of benzene rings is 2. The molecule has 4 rings (SSSR count). The van der Waals surface area contributed by atoms with E-state index in [0.717, 1.165) is 28.2 Å². The Morgan fingerprint density at radius 2 is 1.88 bits per heavy atom. The first-order valence-corrected chi connectivity index (χ1v) is 7.99. The van der Waals surface area contributed by atoms with Crippen molar-refractivity contribution in [3.8, 4) is 22.8 Å². The molecule has 1 aliphatic rings. The molecule has 25 heavy (non-hydrogen) atoms. The average Bonchev–Trinajstić information content (AvgIpc) is 3.14. The molecular weight excluding hydrogens is 321 g/mol. The summed E-state index contributed by atoms with van der Waals surface area (Å²) in [5, 5.41) is 10.7. The second-order valence-electron chi connectivity index (χ2n) is 6.01. The Morgan fingerprint density at radius 3 is 2.60 bits per heavy atom. The highest BCUT2D eigenvalue weighted by molar-refractivity contribution is 5.83. The highest BCUT2D eigenvalue weighted by Gasteiger charge is 2.32. The molecule has 2 N–H and O–H groups in total. The number of methoxy groups -OCH3 is 2. The van der Waals surface area contributed by atoms with Crippen LogP contribution < -0.4 is 14.8 Å². The fourth-order valence-corrected chi connectivity index (χ4v) is 3.40. The van der Waals surface area contributed by atoms with E-state index in [2.05, 4.69) is 22.4 Å². The molecule has 0 amide bonds. The number of aromatic amines is 1. The summed E-state index contributed by atoms with van der Waals surface area (Å²) in [5.41, 5.74) is 4.75. The van der Waals surface area contributed by atoms with E-state index < -0.39 is 0 Å². The molecule has 1 heterocycles. The molecular formula is C19H18FN3O2. The number of halogens is 1. The van der Waals surface area contributed by atoms with Gasteiger partial charge in [0.15, 0.2) is 11.5 Å². The lowest BCUT2D eigenvalue weighted by molar-refractivity contribution is 0.354. The van der Waals surface area contributed by atoms with Gasteiger partial charge in [-0.3, -0.25) is 5.10 Å². The predicted molar refractivity (Wildman–Crippen MR) is 94.3 cm³/mol. The molecule has 0 saturated heterocycles. The molecule has 1 unspecified atom stereocenters. The molecule has 1 atom stereocenters. The van der Waals surface area contributed by atoms with Crippen LogP contribution in [0.1, 0.15) is 24.0 Å². The van der Waals surface area contributed by atoms with E-state index in [-0.39, 0.29) is 11.7 Å². The normalized spacial score (nSPS) is 14.8. The van der Waals surface area contributed by atoms with Crippen LogP contribution in [0.3, 0.4) is 0 Å². The third-order valence-corrected chi connectivity index (χ3v) is 4.61. The van der Waals surface area contributed by atoms with Crippen LogP contribution in [-0.4, -0.2) is 24.4 Å². The lowest BCUT2D eigenvalue weighted by Gasteiger charge is -2.13. The summed E-state index contributed by atoms with van der Waals surface area (Å²) < 4.78 is 24.3. The summed E-state index contributed by atoms with van der Waals surface area (Å²) in [6.45, 7) is 2.11. The van der Waals surface area contributed by atoms with E-state index in [0.29, 0.717) is 17.2 Å². The number of anilines is 2. The molecule has 0 radical (unpaired) electrons. The Balaban J connectivity index is 1.77. The molecule has 2 aromatic carbocycles. The number of H-pyrrole nitrogens is 1. The summed E-state index contributed by atoms with van der Waals surface area (Å²) in [6.07, 6.45) is 0. The van der Waals surface area contributed by atoms with Crippen LogP contribution in [0.2, 0.25) is 0 Å². The van der Waals surface area contributed by atoms with Gasteiger partial charge in [-0.2, -0.15) is 5.10 Å². The van der Waals surface area contributed by atoms with Crippen molar-refractivity contribution in [2.45, 2.75) is 12.8 Å². The van der Waals surface area contributed by atoms with Gasteiger partial charge < -0.3 is 14.8 Å². The molecule has 0 aliphatic heterocycles. The van der Waals surface area contributed by atoms with Crippen LogP contribution in [0.15, 0.2) is 36.4 Å². The van der Waals surface area contributed by atoms with Gasteiger partial charge in [-0.25, -0.2) is 4.39 Å². The number of hydrogen-bond donors (Lipinski definition) is 2. The minimum absolute atomic E-state index is 0.125. The van der Waals surface area contributed by atoms with Gasteiger partial charge in [-0.1, -0.05) is 13.0 Å². The Morgan fingerprint density at radius 1 is 1.12 bits per heavy atom. The lowest BCUT2D eigenvalue weighted by Crippen LogP contribution is -1.99. The monoisotopic (exact) mass is 339 g/mol. The second-order valence-corrected chi connectivity index (χ2v) is 6.01. The van der Waals surface area contributed by atoms with E-state index in [4.69, 9.17) is 9.47 Å². The van der Waals surface area contributed by atoms with Gasteiger partial charge >= 0.3 is 0 Å².